The van der Waals surface area contributed by atoms with Crippen LogP contribution in [0.1, 0.15) is 77.8 Å². The molecule has 1 atom stereocenters. The Labute approximate surface area is 210 Å². The van der Waals surface area contributed by atoms with E-state index in [0.29, 0.717) is 32.5 Å². The Morgan fingerprint density at radius 3 is 2.40 bits per heavy atom. The quantitative estimate of drug-likeness (QED) is 0.199. The van der Waals surface area contributed by atoms with Crippen LogP contribution in [0, 0.1) is 5.41 Å². The molecule has 0 aromatic heterocycles. The predicted octanol–water partition coefficient (Wildman–Crippen LogP) is 4.47. The van der Waals surface area contributed by atoms with Crippen LogP contribution in [0.15, 0.2) is 30.3 Å². The topological polar surface area (TPSA) is 107 Å². The number of unbranched alkanes of at least 4 members (excludes halogenated alkanes) is 1. The lowest BCUT2D eigenvalue weighted by Gasteiger charge is -2.31. The van der Waals surface area contributed by atoms with Gasteiger partial charge in [-0.25, -0.2) is 13.2 Å². The first kappa shape index (κ1) is 30.8. The number of rotatable bonds is 16. The molecule has 7 nitrogen and oxygen atoms in total. The minimum atomic E-state index is -3.35. The van der Waals surface area contributed by atoms with Crippen molar-refractivity contribution in [3.63, 3.8) is 0 Å². The van der Waals surface area contributed by atoms with Crippen LogP contribution >= 0.6 is 0 Å². The summed E-state index contributed by atoms with van der Waals surface area (Å²) in [6, 6.07) is 7.42. The van der Waals surface area contributed by atoms with Gasteiger partial charge in [0, 0.05) is 6.08 Å². The summed E-state index contributed by atoms with van der Waals surface area (Å²) < 4.78 is 34.9. The van der Waals surface area contributed by atoms with Crippen LogP contribution < -0.4 is 0 Å². The van der Waals surface area contributed by atoms with E-state index in [4.69, 9.17) is 14.6 Å². The maximum Gasteiger partial charge on any atom is 0.330 e. The second kappa shape index (κ2) is 14.4. The Kier molecular flexibility index (Phi) is 12.7. The van der Waals surface area contributed by atoms with Crippen LogP contribution in [0.2, 0.25) is 0 Å². The number of aliphatic hydroxyl groups excluding tert-OH is 1. The van der Waals surface area contributed by atoms with Crippen LogP contribution in [0.25, 0.3) is 6.08 Å². The van der Waals surface area contributed by atoms with Gasteiger partial charge in [-0.15, -0.1) is 0 Å². The first-order valence-electron chi connectivity index (χ1n) is 12.3. The Hall–Kier alpha value is -2.19. The fraction of sp³-hybridized carbons (Fsp3) is 0.630. The average Bonchev–Trinajstić information content (AvgIpc) is 2.77. The molecule has 0 spiro atoms. The van der Waals surface area contributed by atoms with Crippen molar-refractivity contribution < 1.29 is 32.6 Å². The molecule has 0 saturated heterocycles. The SMILES string of the molecule is CCCCOC(=O)[C@](C)(CCCC(C)(C)CS(=O)(=O)CCO)c1cccc(/C=C/C(=O)OCC)c1. The molecule has 0 unspecified atom stereocenters. The number of hydrogen-bond acceptors (Lipinski definition) is 7. The van der Waals surface area contributed by atoms with E-state index in [1.54, 1.807) is 13.0 Å². The Balaban J connectivity index is 3.10. The number of hydrogen-bond donors (Lipinski definition) is 1. The third kappa shape index (κ3) is 10.9. The van der Waals surface area contributed by atoms with Crippen LogP contribution in [0.4, 0.5) is 0 Å². The van der Waals surface area contributed by atoms with E-state index in [-0.39, 0.29) is 24.1 Å². The molecule has 0 amide bonds. The first-order valence-corrected chi connectivity index (χ1v) is 14.1. The third-order valence-electron chi connectivity index (χ3n) is 5.95. The molecule has 0 saturated carbocycles. The van der Waals surface area contributed by atoms with Crippen molar-refractivity contribution in [3.8, 4) is 0 Å². The van der Waals surface area contributed by atoms with Crippen molar-refractivity contribution in [2.24, 2.45) is 5.41 Å². The average molecular weight is 511 g/mol. The fourth-order valence-electron chi connectivity index (χ4n) is 3.97. The van der Waals surface area contributed by atoms with Crippen LogP contribution in [0.5, 0.6) is 0 Å². The van der Waals surface area contributed by atoms with Crippen LogP contribution in [-0.2, 0) is 34.3 Å². The van der Waals surface area contributed by atoms with Gasteiger partial charge in [0.2, 0.25) is 0 Å². The zero-order chi connectivity index (χ0) is 26.5. The molecule has 0 radical (unpaired) electrons. The Morgan fingerprint density at radius 1 is 1.06 bits per heavy atom. The van der Waals surface area contributed by atoms with E-state index in [0.717, 1.165) is 24.0 Å². The standard InChI is InChI=1S/C27H42O7S/c1-6-8-18-34-25(30)27(5,16-10-15-26(3,4)21-35(31,32)19-17-28)23-12-9-11-22(20-23)13-14-24(29)33-7-2/h9,11-14,20,28H,6-8,10,15-19,21H2,1-5H3/b14-13+/t27-/m1/s1. The van der Waals surface area contributed by atoms with Crippen LogP contribution in [0.3, 0.4) is 0 Å². The van der Waals surface area contributed by atoms with Crippen molar-refractivity contribution in [3.05, 3.63) is 41.5 Å². The van der Waals surface area contributed by atoms with Crippen LogP contribution in [-0.4, -0.2) is 56.8 Å². The maximum absolute atomic E-state index is 13.2. The Morgan fingerprint density at radius 2 is 1.77 bits per heavy atom. The predicted molar refractivity (Wildman–Crippen MR) is 139 cm³/mol. The molecule has 0 aliphatic heterocycles. The van der Waals surface area contributed by atoms with Gasteiger partial charge < -0.3 is 14.6 Å². The second-order valence-corrected chi connectivity index (χ2v) is 12.0. The van der Waals surface area contributed by atoms with Crippen molar-refractivity contribution in [1.29, 1.82) is 0 Å². The number of aliphatic hydroxyl groups is 1. The molecule has 1 aromatic carbocycles. The first-order chi connectivity index (χ1) is 16.4. The largest absolute Gasteiger partial charge is 0.465 e. The van der Waals surface area contributed by atoms with Gasteiger partial charge in [-0.3, -0.25) is 4.79 Å². The zero-order valence-corrected chi connectivity index (χ0v) is 22.7. The molecule has 0 heterocycles. The van der Waals surface area contributed by atoms with Crippen molar-refractivity contribution >= 4 is 27.9 Å². The van der Waals surface area contributed by atoms with E-state index < -0.39 is 26.6 Å². The van der Waals surface area contributed by atoms with Crippen molar-refractivity contribution in [2.75, 3.05) is 31.3 Å². The molecule has 0 bridgehead atoms. The molecule has 198 valence electrons. The van der Waals surface area contributed by atoms with E-state index >= 15 is 0 Å². The fourth-order valence-corrected chi connectivity index (χ4v) is 5.73. The highest BCUT2D eigenvalue weighted by atomic mass is 32.2. The molecular weight excluding hydrogens is 468 g/mol. The molecular formula is C27H42O7S. The van der Waals surface area contributed by atoms with E-state index in [2.05, 4.69) is 0 Å². The summed E-state index contributed by atoms with van der Waals surface area (Å²) in [7, 11) is -3.35. The summed E-state index contributed by atoms with van der Waals surface area (Å²) >= 11 is 0. The van der Waals surface area contributed by atoms with Gasteiger partial charge in [0.25, 0.3) is 0 Å². The number of benzene rings is 1. The van der Waals surface area contributed by atoms with Crippen molar-refractivity contribution in [1.82, 2.24) is 0 Å². The summed E-state index contributed by atoms with van der Waals surface area (Å²) in [5, 5.41) is 9.01. The smallest absolute Gasteiger partial charge is 0.330 e. The molecule has 0 aliphatic rings. The molecule has 1 rings (SSSR count). The zero-order valence-electron chi connectivity index (χ0n) is 21.8. The third-order valence-corrected chi connectivity index (χ3v) is 7.97. The number of ether oxygens (including phenoxy) is 2. The number of carbonyl (C=O) groups is 2. The van der Waals surface area contributed by atoms with E-state index in [1.807, 2.05) is 52.0 Å². The summed E-state index contributed by atoms with van der Waals surface area (Å²) in [5.74, 6) is -1.02. The summed E-state index contributed by atoms with van der Waals surface area (Å²) in [6.45, 7) is 9.65. The number of sulfone groups is 1. The number of esters is 2. The van der Waals surface area contributed by atoms with E-state index in [1.165, 1.54) is 6.08 Å². The van der Waals surface area contributed by atoms with Gasteiger partial charge in [0.15, 0.2) is 9.84 Å². The second-order valence-electron chi connectivity index (χ2n) is 9.87. The molecule has 0 fully saturated rings. The maximum atomic E-state index is 13.2. The molecule has 1 N–H and O–H groups in total. The number of carbonyl (C=O) groups excluding carboxylic acids is 2. The summed E-state index contributed by atoms with van der Waals surface area (Å²) in [5.41, 5.74) is 0.113. The molecule has 0 aliphatic carbocycles. The van der Waals surface area contributed by atoms with E-state index in [9.17, 15) is 18.0 Å². The lowest BCUT2D eigenvalue weighted by Crippen LogP contribution is -2.35. The van der Waals surface area contributed by atoms with Gasteiger partial charge in [0.1, 0.15) is 0 Å². The normalized spacial score (nSPS) is 14.0. The minimum Gasteiger partial charge on any atom is -0.465 e. The monoisotopic (exact) mass is 510 g/mol. The van der Waals surface area contributed by atoms with Gasteiger partial charge in [-0.1, -0.05) is 57.9 Å². The lowest BCUT2D eigenvalue weighted by atomic mass is 9.76. The molecule has 1 aromatic rings. The van der Waals surface area contributed by atoms with Gasteiger partial charge >= 0.3 is 11.9 Å². The highest BCUT2D eigenvalue weighted by Gasteiger charge is 2.37. The molecule has 35 heavy (non-hydrogen) atoms. The highest BCUT2D eigenvalue weighted by Crippen LogP contribution is 2.35. The Bertz CT molecular complexity index is 950. The molecule has 8 heteroatoms. The highest BCUT2D eigenvalue weighted by molar-refractivity contribution is 7.91. The van der Waals surface area contributed by atoms with Gasteiger partial charge in [-0.05, 0) is 55.7 Å². The van der Waals surface area contributed by atoms with Gasteiger partial charge in [-0.2, -0.15) is 0 Å². The van der Waals surface area contributed by atoms with Crippen molar-refractivity contribution in [2.45, 2.75) is 72.1 Å². The van der Waals surface area contributed by atoms with Gasteiger partial charge in [0.05, 0.1) is 36.7 Å². The minimum absolute atomic E-state index is 0.0215. The lowest BCUT2D eigenvalue weighted by molar-refractivity contribution is -0.150. The summed E-state index contributed by atoms with van der Waals surface area (Å²) in [4.78, 5) is 24.9. The summed E-state index contributed by atoms with van der Waals surface area (Å²) in [6.07, 6.45) is 6.39.